The van der Waals surface area contributed by atoms with Crippen LogP contribution in [0.5, 0.6) is 0 Å². The van der Waals surface area contributed by atoms with Gasteiger partial charge in [-0.2, -0.15) is 0 Å². The summed E-state index contributed by atoms with van der Waals surface area (Å²) in [5.41, 5.74) is 0. The van der Waals surface area contributed by atoms with Gasteiger partial charge in [0, 0.05) is 6.42 Å². The second-order valence-electron chi connectivity index (χ2n) is 13.7. The highest BCUT2D eigenvalue weighted by atomic mass is 16.7. The first kappa shape index (κ1) is 47.1. The molecule has 0 aromatic heterocycles. The average molecular weight is 758 g/mol. The molecule has 0 radical (unpaired) electrons. The Morgan fingerprint density at radius 2 is 1.30 bits per heavy atom. The van der Waals surface area contributed by atoms with Crippen LogP contribution < -0.4 is 5.32 Å². The van der Waals surface area contributed by atoms with E-state index in [0.29, 0.717) is 6.42 Å². The van der Waals surface area contributed by atoms with Crippen molar-refractivity contribution in [2.24, 2.45) is 0 Å². The van der Waals surface area contributed by atoms with Crippen LogP contribution in [0.25, 0.3) is 0 Å². The Morgan fingerprint density at radius 1 is 0.698 bits per heavy atom. The molecule has 2 saturated heterocycles. The molecule has 2 rings (SSSR count). The van der Waals surface area contributed by atoms with Crippen molar-refractivity contribution >= 4 is 5.91 Å². The maximum Gasteiger partial charge on any atom is 0.220 e. The Kier molecular flexibility index (Phi) is 24.5. The van der Waals surface area contributed by atoms with Gasteiger partial charge in [-0.05, 0) is 51.4 Å². The summed E-state index contributed by atoms with van der Waals surface area (Å²) in [6.07, 6.45) is 10.8. The highest BCUT2D eigenvalue weighted by Gasteiger charge is 2.50. The molecule has 0 aliphatic carbocycles. The fourth-order valence-corrected chi connectivity index (χ4v) is 6.01. The van der Waals surface area contributed by atoms with Gasteiger partial charge in [-0.1, -0.05) is 88.1 Å². The molecule has 2 heterocycles. The van der Waals surface area contributed by atoms with Crippen LogP contribution in [0, 0.1) is 0 Å². The normalized spacial score (nSPS) is 30.9. The zero-order valence-corrected chi connectivity index (χ0v) is 31.5. The molecule has 0 aromatic rings. The Bertz CT molecular complexity index is 1080. The van der Waals surface area contributed by atoms with E-state index in [1.807, 2.05) is 6.08 Å². The van der Waals surface area contributed by atoms with Gasteiger partial charge in [0.15, 0.2) is 12.6 Å². The van der Waals surface area contributed by atoms with Crippen molar-refractivity contribution in [2.45, 2.75) is 171 Å². The number of amides is 1. The fraction of sp³-hybridized carbons (Fsp3) is 0.769. The van der Waals surface area contributed by atoms with Gasteiger partial charge >= 0.3 is 0 Å². The van der Waals surface area contributed by atoms with Gasteiger partial charge in [0.2, 0.25) is 5.91 Å². The van der Waals surface area contributed by atoms with E-state index >= 15 is 0 Å². The second kappa shape index (κ2) is 27.5. The van der Waals surface area contributed by atoms with E-state index in [-0.39, 0.29) is 18.9 Å². The van der Waals surface area contributed by atoms with Gasteiger partial charge in [0.05, 0.1) is 32.0 Å². The van der Waals surface area contributed by atoms with Crippen LogP contribution in [-0.4, -0.2) is 140 Å². The summed E-state index contributed by atoms with van der Waals surface area (Å²) in [6, 6.07) is -0.925. The quantitative estimate of drug-likeness (QED) is 0.0454. The van der Waals surface area contributed by atoms with E-state index in [1.54, 1.807) is 6.08 Å². The average Bonchev–Trinajstić information content (AvgIpc) is 3.15. The number of ether oxygens (including phenoxy) is 4. The molecule has 14 nitrogen and oxygen atoms in total. The third-order valence-electron chi connectivity index (χ3n) is 9.27. The second-order valence-corrected chi connectivity index (χ2v) is 13.7. The van der Waals surface area contributed by atoms with Gasteiger partial charge in [0.25, 0.3) is 0 Å². The van der Waals surface area contributed by atoms with Gasteiger partial charge in [-0.15, -0.1) is 0 Å². The van der Waals surface area contributed by atoms with Crippen molar-refractivity contribution in [1.82, 2.24) is 5.32 Å². The van der Waals surface area contributed by atoms with Crippen LogP contribution in [0.3, 0.4) is 0 Å². The highest BCUT2D eigenvalue weighted by Crippen LogP contribution is 2.29. The van der Waals surface area contributed by atoms with E-state index in [0.717, 1.165) is 70.6 Å². The molecule has 0 saturated carbocycles. The third kappa shape index (κ3) is 17.1. The molecule has 0 bridgehead atoms. The molecule has 1 amide bonds. The summed E-state index contributed by atoms with van der Waals surface area (Å²) in [5, 5.41) is 85.8. The molecular weight excluding hydrogens is 690 g/mol. The summed E-state index contributed by atoms with van der Waals surface area (Å²) in [7, 11) is 0. The summed E-state index contributed by atoms with van der Waals surface area (Å²) < 4.78 is 22.4. The minimum atomic E-state index is -1.79. The largest absolute Gasteiger partial charge is 0.394 e. The zero-order valence-electron chi connectivity index (χ0n) is 31.5. The smallest absolute Gasteiger partial charge is 0.220 e. The summed E-state index contributed by atoms with van der Waals surface area (Å²) in [4.78, 5) is 12.9. The maximum absolute atomic E-state index is 12.9. The van der Waals surface area contributed by atoms with Crippen LogP contribution in [-0.2, 0) is 23.7 Å². The van der Waals surface area contributed by atoms with Gasteiger partial charge in [0.1, 0.15) is 48.8 Å². The van der Waals surface area contributed by atoms with E-state index in [2.05, 4.69) is 55.6 Å². The number of aliphatic hydroxyl groups excluding tert-OH is 8. The molecule has 306 valence electrons. The molecule has 14 heteroatoms. The molecule has 2 aliphatic heterocycles. The number of carbonyl (C=O) groups excluding carboxylic acids is 1. The topological polar surface area (TPSA) is 228 Å². The number of unbranched alkanes of at least 4 members (excludes halogenated alkanes) is 7. The molecule has 9 N–H and O–H groups in total. The molecule has 2 aliphatic rings. The lowest BCUT2D eigenvalue weighted by atomic mass is 9.97. The molecule has 0 spiro atoms. The third-order valence-corrected chi connectivity index (χ3v) is 9.27. The highest BCUT2D eigenvalue weighted by molar-refractivity contribution is 5.76. The van der Waals surface area contributed by atoms with Crippen LogP contribution in [0.1, 0.15) is 97.3 Å². The number of hydrogen-bond donors (Lipinski definition) is 9. The van der Waals surface area contributed by atoms with E-state index in [1.165, 1.54) is 0 Å². The van der Waals surface area contributed by atoms with Crippen molar-refractivity contribution in [3.63, 3.8) is 0 Å². The number of aliphatic hydroxyl groups is 8. The predicted octanol–water partition coefficient (Wildman–Crippen LogP) is 1.81. The first-order valence-corrected chi connectivity index (χ1v) is 19.4. The van der Waals surface area contributed by atoms with Crippen molar-refractivity contribution < 1.29 is 64.6 Å². The minimum absolute atomic E-state index is 0.243. The SMILES string of the molecule is CC/C=C\C/C=C\C/C=C\CCCCCC(=O)NC(COC1OC(CO)C(OC2OC(CO)C(O)C(O)C2O)C(O)C1O)C(O)/C=C/CCCCCC. The number of hydrogen-bond acceptors (Lipinski definition) is 13. The molecule has 2 fully saturated rings. The van der Waals surface area contributed by atoms with Crippen molar-refractivity contribution in [3.05, 3.63) is 48.6 Å². The van der Waals surface area contributed by atoms with Crippen LogP contribution in [0.4, 0.5) is 0 Å². The van der Waals surface area contributed by atoms with Crippen LogP contribution >= 0.6 is 0 Å². The zero-order chi connectivity index (χ0) is 39.0. The van der Waals surface area contributed by atoms with Crippen molar-refractivity contribution in [3.8, 4) is 0 Å². The molecule has 0 aromatic carbocycles. The van der Waals surface area contributed by atoms with E-state index in [4.69, 9.17) is 18.9 Å². The molecule has 12 atom stereocenters. The molecular formula is C39H67NO13. The van der Waals surface area contributed by atoms with Crippen LogP contribution in [0.2, 0.25) is 0 Å². The summed E-state index contributed by atoms with van der Waals surface area (Å²) >= 11 is 0. The monoisotopic (exact) mass is 757 g/mol. The number of nitrogens with one attached hydrogen (secondary N) is 1. The van der Waals surface area contributed by atoms with Gasteiger partial charge in [-0.25, -0.2) is 0 Å². The Labute approximate surface area is 314 Å². The number of carbonyl (C=O) groups is 1. The summed E-state index contributed by atoms with van der Waals surface area (Å²) in [5.74, 6) is -0.279. The minimum Gasteiger partial charge on any atom is -0.394 e. The number of rotatable bonds is 26. The lowest BCUT2D eigenvalue weighted by Gasteiger charge is -2.46. The summed E-state index contributed by atoms with van der Waals surface area (Å²) in [6.45, 7) is 2.49. The molecule has 53 heavy (non-hydrogen) atoms. The predicted molar refractivity (Wildman–Crippen MR) is 198 cm³/mol. The van der Waals surface area contributed by atoms with Gasteiger partial charge < -0.3 is 65.1 Å². The van der Waals surface area contributed by atoms with Crippen molar-refractivity contribution in [2.75, 3.05) is 19.8 Å². The fourth-order valence-electron chi connectivity index (χ4n) is 6.01. The Balaban J connectivity index is 1.94. The van der Waals surface area contributed by atoms with E-state index in [9.17, 15) is 45.6 Å². The van der Waals surface area contributed by atoms with E-state index < -0.39 is 86.8 Å². The Hall–Kier alpha value is -2.05. The maximum atomic E-state index is 12.9. The molecule has 12 unspecified atom stereocenters. The van der Waals surface area contributed by atoms with Crippen LogP contribution in [0.15, 0.2) is 48.6 Å². The first-order valence-electron chi connectivity index (χ1n) is 19.4. The standard InChI is InChI=1S/C39H67NO13/c1-3-5-7-9-11-12-13-14-15-16-17-19-21-23-31(44)40-27(28(43)22-20-18-10-8-6-4-2)26-50-38-36(49)34(47)37(30(25-42)52-38)53-39-35(48)33(46)32(45)29(24-41)51-39/h5,7,11-12,14-15,20,22,27-30,32-39,41-43,45-49H,3-4,6,8-10,13,16-19,21,23-26H2,1-2H3,(H,40,44)/b7-5-,12-11-,15-14-,22-20+. The lowest BCUT2D eigenvalue weighted by molar-refractivity contribution is -0.359. The first-order chi connectivity index (χ1) is 25.6. The lowest BCUT2D eigenvalue weighted by Crippen LogP contribution is -2.65. The van der Waals surface area contributed by atoms with Gasteiger partial charge in [-0.3, -0.25) is 4.79 Å². The Morgan fingerprint density at radius 3 is 1.96 bits per heavy atom. The van der Waals surface area contributed by atoms with Crippen molar-refractivity contribution in [1.29, 1.82) is 0 Å². The number of allylic oxidation sites excluding steroid dienone is 7.